The molecule has 8 heteroatoms. The number of carbonyl (C=O) groups excluding carboxylic acids is 1. The molecule has 0 fully saturated rings. The highest BCUT2D eigenvalue weighted by Crippen LogP contribution is 2.28. The van der Waals surface area contributed by atoms with Crippen molar-refractivity contribution in [3.05, 3.63) is 47.3 Å². The van der Waals surface area contributed by atoms with Gasteiger partial charge in [-0.15, -0.1) is 0 Å². The van der Waals surface area contributed by atoms with E-state index in [4.69, 9.17) is 5.26 Å². The number of hydrogen-bond donors (Lipinski definition) is 1. The van der Waals surface area contributed by atoms with Crippen LogP contribution in [0.4, 0.5) is 18.9 Å². The van der Waals surface area contributed by atoms with Gasteiger partial charge in [-0.25, -0.2) is 0 Å². The Morgan fingerprint density at radius 2 is 2.08 bits per heavy atom. The van der Waals surface area contributed by atoms with E-state index >= 15 is 0 Å². The van der Waals surface area contributed by atoms with Crippen molar-refractivity contribution in [1.29, 1.82) is 5.26 Å². The number of amides is 1. The molecule has 1 aromatic heterocycles. The first-order valence-electron chi connectivity index (χ1n) is 7.14. The Balaban J connectivity index is 2.10. The molecule has 2 aromatic rings. The molecule has 1 amide bonds. The predicted octanol–water partition coefficient (Wildman–Crippen LogP) is 3.36. The van der Waals surface area contributed by atoms with Gasteiger partial charge in [0.15, 0.2) is 5.69 Å². The number of alkyl halides is 3. The summed E-state index contributed by atoms with van der Waals surface area (Å²) in [4.78, 5) is 12.2. The molecule has 1 heterocycles. The Hall–Kier alpha value is -2.82. The topological polar surface area (TPSA) is 70.7 Å². The van der Waals surface area contributed by atoms with Crippen molar-refractivity contribution in [2.45, 2.75) is 26.6 Å². The first-order valence-corrected chi connectivity index (χ1v) is 7.14. The molecule has 1 N–H and O–H groups in total. The molecule has 1 atom stereocenters. The summed E-state index contributed by atoms with van der Waals surface area (Å²) in [6.07, 6.45) is -4.52. The fourth-order valence-corrected chi connectivity index (χ4v) is 2.12. The average molecular weight is 336 g/mol. The van der Waals surface area contributed by atoms with E-state index in [0.717, 1.165) is 10.7 Å². The smallest absolute Gasteiger partial charge is 0.325 e. The minimum atomic E-state index is -4.52. The van der Waals surface area contributed by atoms with E-state index < -0.39 is 23.7 Å². The lowest BCUT2D eigenvalue weighted by molar-refractivity contribution is -0.141. The maximum absolute atomic E-state index is 12.7. The summed E-state index contributed by atoms with van der Waals surface area (Å²) in [5.74, 6) is -1.03. The molecule has 0 aliphatic rings. The van der Waals surface area contributed by atoms with Crippen LogP contribution in [0.3, 0.4) is 0 Å². The van der Waals surface area contributed by atoms with Gasteiger partial charge in [-0.05, 0) is 25.1 Å². The van der Waals surface area contributed by atoms with Crippen molar-refractivity contribution in [3.63, 3.8) is 0 Å². The standard InChI is InChI=1S/C16H15F3N4O/c1-10(9-23-11(2)7-14(22-23)16(17,18)19)15(24)21-13-6-4-3-5-12(13)8-20/h3-7,10H,9H2,1-2H3,(H,21,24). The molecule has 0 spiro atoms. The lowest BCUT2D eigenvalue weighted by Gasteiger charge is -2.14. The quantitative estimate of drug-likeness (QED) is 0.931. The minimum absolute atomic E-state index is 0.00245. The van der Waals surface area contributed by atoms with Crippen LogP contribution in [-0.2, 0) is 17.5 Å². The number of hydrogen-bond acceptors (Lipinski definition) is 3. The second-order valence-electron chi connectivity index (χ2n) is 5.40. The molecule has 0 saturated heterocycles. The Bertz CT molecular complexity index is 789. The molecule has 1 aromatic carbocycles. The zero-order chi connectivity index (χ0) is 17.9. The molecule has 5 nitrogen and oxygen atoms in total. The van der Waals surface area contributed by atoms with Crippen molar-refractivity contribution in [2.75, 3.05) is 5.32 Å². The van der Waals surface area contributed by atoms with Gasteiger partial charge in [-0.3, -0.25) is 9.48 Å². The molecule has 24 heavy (non-hydrogen) atoms. The van der Waals surface area contributed by atoms with Gasteiger partial charge in [0, 0.05) is 5.69 Å². The largest absolute Gasteiger partial charge is 0.435 e. The van der Waals surface area contributed by atoms with E-state index in [1.165, 1.54) is 6.92 Å². The van der Waals surface area contributed by atoms with Crippen LogP contribution in [0.1, 0.15) is 23.9 Å². The van der Waals surface area contributed by atoms with Gasteiger partial charge >= 0.3 is 6.18 Å². The van der Waals surface area contributed by atoms with E-state index in [0.29, 0.717) is 16.9 Å². The van der Waals surface area contributed by atoms with Crippen LogP contribution in [0.2, 0.25) is 0 Å². The van der Waals surface area contributed by atoms with Gasteiger partial charge in [0.1, 0.15) is 6.07 Å². The number of para-hydroxylation sites is 1. The highest BCUT2D eigenvalue weighted by Gasteiger charge is 2.34. The number of benzene rings is 1. The highest BCUT2D eigenvalue weighted by molar-refractivity contribution is 5.93. The van der Waals surface area contributed by atoms with Crippen molar-refractivity contribution in [3.8, 4) is 6.07 Å². The van der Waals surface area contributed by atoms with Crippen molar-refractivity contribution in [2.24, 2.45) is 5.92 Å². The summed E-state index contributed by atoms with van der Waals surface area (Å²) in [6.45, 7) is 3.08. The Morgan fingerprint density at radius 1 is 1.42 bits per heavy atom. The number of anilines is 1. The molecule has 0 radical (unpaired) electrons. The van der Waals surface area contributed by atoms with Crippen molar-refractivity contribution < 1.29 is 18.0 Å². The molecule has 126 valence electrons. The van der Waals surface area contributed by atoms with Crippen LogP contribution in [-0.4, -0.2) is 15.7 Å². The average Bonchev–Trinajstić information content (AvgIpc) is 2.89. The van der Waals surface area contributed by atoms with Crippen LogP contribution in [0.5, 0.6) is 0 Å². The first-order chi connectivity index (χ1) is 11.2. The Kier molecular flexibility index (Phi) is 4.93. The second-order valence-corrected chi connectivity index (χ2v) is 5.40. The van der Waals surface area contributed by atoms with Gasteiger partial charge in [0.25, 0.3) is 0 Å². The summed E-state index contributed by atoms with van der Waals surface area (Å²) < 4.78 is 39.1. The zero-order valence-electron chi connectivity index (χ0n) is 13.1. The van der Waals surface area contributed by atoms with E-state index in [2.05, 4.69) is 10.4 Å². The molecule has 2 rings (SSSR count). The molecular weight excluding hydrogens is 321 g/mol. The van der Waals surface area contributed by atoms with E-state index in [1.807, 2.05) is 6.07 Å². The molecule has 0 bridgehead atoms. The third-order valence-corrected chi connectivity index (χ3v) is 3.47. The summed E-state index contributed by atoms with van der Waals surface area (Å²) in [5, 5.41) is 15.1. The Labute approximate surface area is 136 Å². The van der Waals surface area contributed by atoms with Gasteiger partial charge in [0.05, 0.1) is 23.7 Å². The first kappa shape index (κ1) is 17.5. The molecule has 0 aliphatic carbocycles. The number of carbonyl (C=O) groups is 1. The number of rotatable bonds is 4. The maximum Gasteiger partial charge on any atom is 0.435 e. The summed E-state index contributed by atoms with van der Waals surface area (Å²) in [7, 11) is 0. The zero-order valence-corrected chi connectivity index (χ0v) is 13.1. The van der Waals surface area contributed by atoms with Crippen LogP contribution in [0.25, 0.3) is 0 Å². The molecule has 1 unspecified atom stereocenters. The maximum atomic E-state index is 12.7. The predicted molar refractivity (Wildman–Crippen MR) is 80.9 cm³/mol. The van der Waals surface area contributed by atoms with Gasteiger partial charge in [-0.2, -0.15) is 23.5 Å². The van der Waals surface area contributed by atoms with Crippen molar-refractivity contribution >= 4 is 11.6 Å². The van der Waals surface area contributed by atoms with Crippen molar-refractivity contribution in [1.82, 2.24) is 9.78 Å². The fourth-order valence-electron chi connectivity index (χ4n) is 2.12. The number of aromatic nitrogens is 2. The normalized spacial score (nSPS) is 12.5. The van der Waals surface area contributed by atoms with Gasteiger partial charge in [0.2, 0.25) is 5.91 Å². The summed E-state index contributed by atoms with van der Waals surface area (Å²) in [5.41, 5.74) is 0.0135. The second kappa shape index (κ2) is 6.74. The highest BCUT2D eigenvalue weighted by atomic mass is 19.4. The summed E-state index contributed by atoms with van der Waals surface area (Å²) in [6, 6.07) is 9.40. The monoisotopic (exact) mass is 336 g/mol. The number of nitrogens with one attached hydrogen (secondary N) is 1. The van der Waals surface area contributed by atoms with Crippen LogP contribution in [0.15, 0.2) is 30.3 Å². The Morgan fingerprint density at radius 3 is 2.67 bits per heavy atom. The number of nitriles is 1. The number of halogens is 3. The van der Waals surface area contributed by atoms with Crippen LogP contribution in [0, 0.1) is 24.2 Å². The minimum Gasteiger partial charge on any atom is -0.325 e. The van der Waals surface area contributed by atoms with Gasteiger partial charge in [-0.1, -0.05) is 19.1 Å². The SMILES string of the molecule is Cc1cc(C(F)(F)F)nn1CC(C)C(=O)Nc1ccccc1C#N. The third-order valence-electron chi connectivity index (χ3n) is 3.47. The number of nitrogens with zero attached hydrogens (tertiary/aromatic N) is 3. The van der Waals surface area contributed by atoms with E-state index in [1.54, 1.807) is 31.2 Å². The van der Waals surface area contributed by atoms with E-state index in [-0.39, 0.29) is 6.54 Å². The molecule has 0 aliphatic heterocycles. The third kappa shape index (κ3) is 3.93. The lowest BCUT2D eigenvalue weighted by Crippen LogP contribution is -2.25. The molecule has 0 saturated carbocycles. The fraction of sp³-hybridized carbons (Fsp3) is 0.312. The number of aryl methyl sites for hydroxylation is 1. The van der Waals surface area contributed by atoms with Crippen LogP contribution >= 0.6 is 0 Å². The lowest BCUT2D eigenvalue weighted by atomic mass is 10.1. The van der Waals surface area contributed by atoms with Crippen LogP contribution < -0.4 is 5.32 Å². The van der Waals surface area contributed by atoms with Gasteiger partial charge < -0.3 is 5.32 Å². The molecular formula is C16H15F3N4O. The summed E-state index contributed by atoms with van der Waals surface area (Å²) >= 11 is 0. The van der Waals surface area contributed by atoms with E-state index in [9.17, 15) is 18.0 Å².